The predicted octanol–water partition coefficient (Wildman–Crippen LogP) is 4.92. The molecule has 0 saturated heterocycles. The zero-order chi connectivity index (χ0) is 14.7. The van der Waals surface area contributed by atoms with Crippen molar-refractivity contribution in [3.63, 3.8) is 0 Å². The van der Waals surface area contributed by atoms with Crippen LogP contribution >= 0.6 is 34.5 Å². The van der Waals surface area contributed by atoms with Crippen molar-refractivity contribution in [2.24, 2.45) is 0 Å². The van der Waals surface area contributed by atoms with Crippen molar-refractivity contribution in [3.8, 4) is 0 Å². The number of nitrogens with one attached hydrogen (secondary N) is 1. The van der Waals surface area contributed by atoms with Gasteiger partial charge in [0.15, 0.2) is 0 Å². The first kappa shape index (κ1) is 15.0. The van der Waals surface area contributed by atoms with Crippen LogP contribution in [-0.4, -0.2) is 9.91 Å². The maximum absolute atomic E-state index is 11.1. The summed E-state index contributed by atoms with van der Waals surface area (Å²) in [7, 11) is 0. The van der Waals surface area contributed by atoms with Gasteiger partial charge in [0.2, 0.25) is 0 Å². The number of nitrogens with zero attached hydrogens (tertiary/aromatic N) is 2. The molecule has 0 aliphatic carbocycles. The Morgan fingerprint density at radius 1 is 1.45 bits per heavy atom. The van der Waals surface area contributed by atoms with Gasteiger partial charge in [-0.2, -0.15) is 0 Å². The normalized spacial score (nSPS) is 12.2. The van der Waals surface area contributed by atoms with Crippen molar-refractivity contribution in [2.45, 2.75) is 19.4 Å². The molecule has 0 fully saturated rings. The standard InChI is InChI=1S/C12H11Cl2N3O2S/c1-2-9(12-15-3-4-20-12)16-10-5-7(13)8(14)6-11(10)17(18)19/h3-6,9,16H,2H2,1H3. The number of anilines is 1. The lowest BCUT2D eigenvalue weighted by molar-refractivity contribution is -0.384. The molecule has 1 unspecified atom stereocenters. The second-order valence-corrected chi connectivity index (χ2v) is 5.76. The molecular weight excluding hydrogens is 321 g/mol. The largest absolute Gasteiger partial charge is 0.370 e. The number of hydrogen-bond acceptors (Lipinski definition) is 5. The maximum atomic E-state index is 11.1. The molecule has 20 heavy (non-hydrogen) atoms. The third-order valence-corrected chi connectivity index (χ3v) is 4.33. The number of thiazole rings is 1. The molecule has 0 bridgehead atoms. The number of aromatic nitrogens is 1. The van der Waals surface area contributed by atoms with Crippen molar-refractivity contribution in [1.82, 2.24) is 4.98 Å². The highest BCUT2D eigenvalue weighted by Crippen LogP contribution is 2.36. The smallest absolute Gasteiger partial charge is 0.293 e. The van der Waals surface area contributed by atoms with E-state index in [0.29, 0.717) is 5.69 Å². The van der Waals surface area contributed by atoms with E-state index in [0.717, 1.165) is 11.4 Å². The van der Waals surface area contributed by atoms with Gasteiger partial charge in [0.05, 0.1) is 21.0 Å². The van der Waals surface area contributed by atoms with Crippen LogP contribution in [0.3, 0.4) is 0 Å². The van der Waals surface area contributed by atoms with E-state index in [-0.39, 0.29) is 21.8 Å². The molecule has 0 aliphatic heterocycles. The molecular formula is C12H11Cl2N3O2S. The number of hydrogen-bond donors (Lipinski definition) is 1. The van der Waals surface area contributed by atoms with E-state index in [2.05, 4.69) is 10.3 Å². The third-order valence-electron chi connectivity index (χ3n) is 2.72. The summed E-state index contributed by atoms with van der Waals surface area (Å²) < 4.78 is 0. The molecule has 0 amide bonds. The van der Waals surface area contributed by atoms with E-state index < -0.39 is 4.92 Å². The average molecular weight is 332 g/mol. The number of benzene rings is 1. The van der Waals surface area contributed by atoms with E-state index in [1.54, 1.807) is 6.20 Å². The van der Waals surface area contributed by atoms with Crippen LogP contribution in [-0.2, 0) is 0 Å². The quantitative estimate of drug-likeness (QED) is 0.623. The Hall–Kier alpha value is -1.37. The number of nitro benzene ring substituents is 1. The summed E-state index contributed by atoms with van der Waals surface area (Å²) >= 11 is 13.3. The van der Waals surface area contributed by atoms with Crippen LogP contribution in [0.4, 0.5) is 11.4 Å². The van der Waals surface area contributed by atoms with Gasteiger partial charge in [-0.1, -0.05) is 30.1 Å². The van der Waals surface area contributed by atoms with Crippen LogP contribution < -0.4 is 5.32 Å². The summed E-state index contributed by atoms with van der Waals surface area (Å²) in [5.74, 6) is 0. The van der Waals surface area contributed by atoms with Crippen LogP contribution in [0.2, 0.25) is 10.0 Å². The molecule has 1 aromatic carbocycles. The summed E-state index contributed by atoms with van der Waals surface area (Å²) in [6.45, 7) is 1.97. The maximum Gasteiger partial charge on any atom is 0.293 e. The van der Waals surface area contributed by atoms with Crippen LogP contribution in [0.1, 0.15) is 24.4 Å². The Bertz CT molecular complexity index is 619. The van der Waals surface area contributed by atoms with E-state index in [1.807, 2.05) is 12.3 Å². The van der Waals surface area contributed by atoms with Gasteiger partial charge in [0.1, 0.15) is 10.7 Å². The fraction of sp³-hybridized carbons (Fsp3) is 0.250. The van der Waals surface area contributed by atoms with Crippen LogP contribution in [0.5, 0.6) is 0 Å². The zero-order valence-electron chi connectivity index (χ0n) is 10.5. The Morgan fingerprint density at radius 2 is 2.15 bits per heavy atom. The molecule has 1 N–H and O–H groups in total. The molecule has 2 aromatic rings. The highest BCUT2D eigenvalue weighted by Gasteiger charge is 2.21. The molecule has 1 aromatic heterocycles. The summed E-state index contributed by atoms with van der Waals surface area (Å²) in [4.78, 5) is 14.8. The summed E-state index contributed by atoms with van der Waals surface area (Å²) in [5, 5.41) is 17.4. The van der Waals surface area contributed by atoms with Gasteiger partial charge in [-0.3, -0.25) is 10.1 Å². The minimum atomic E-state index is -0.487. The predicted molar refractivity (Wildman–Crippen MR) is 81.9 cm³/mol. The van der Waals surface area contributed by atoms with Crippen molar-refractivity contribution in [2.75, 3.05) is 5.32 Å². The molecule has 0 aliphatic rings. The monoisotopic (exact) mass is 331 g/mol. The van der Waals surface area contributed by atoms with Crippen LogP contribution in [0.25, 0.3) is 0 Å². The minimum Gasteiger partial charge on any atom is -0.370 e. The van der Waals surface area contributed by atoms with E-state index >= 15 is 0 Å². The molecule has 0 saturated carbocycles. The molecule has 8 heteroatoms. The lowest BCUT2D eigenvalue weighted by Gasteiger charge is -2.16. The SMILES string of the molecule is CCC(Nc1cc(Cl)c(Cl)cc1[N+](=O)[O-])c1nccs1. The van der Waals surface area contributed by atoms with E-state index in [4.69, 9.17) is 23.2 Å². The Labute approximate surface area is 129 Å². The van der Waals surface area contributed by atoms with Gasteiger partial charge in [-0.15, -0.1) is 11.3 Å². The molecule has 2 rings (SSSR count). The second kappa shape index (κ2) is 6.39. The molecule has 5 nitrogen and oxygen atoms in total. The third kappa shape index (κ3) is 3.20. The first-order valence-electron chi connectivity index (χ1n) is 5.82. The number of rotatable bonds is 5. The van der Waals surface area contributed by atoms with Crippen molar-refractivity contribution < 1.29 is 4.92 Å². The lowest BCUT2D eigenvalue weighted by atomic mass is 10.2. The van der Waals surface area contributed by atoms with Gasteiger partial charge in [0.25, 0.3) is 5.69 Å². The summed E-state index contributed by atoms with van der Waals surface area (Å²) in [6.07, 6.45) is 2.44. The van der Waals surface area contributed by atoms with Gasteiger partial charge in [-0.25, -0.2) is 4.98 Å². The fourth-order valence-corrected chi connectivity index (χ4v) is 2.83. The molecule has 106 valence electrons. The Morgan fingerprint density at radius 3 is 2.70 bits per heavy atom. The van der Waals surface area contributed by atoms with Crippen LogP contribution in [0.15, 0.2) is 23.7 Å². The Kier molecular flexibility index (Phi) is 4.80. The zero-order valence-corrected chi connectivity index (χ0v) is 12.8. The average Bonchev–Trinajstić information content (AvgIpc) is 2.93. The van der Waals surface area contributed by atoms with Crippen molar-refractivity contribution in [1.29, 1.82) is 0 Å². The van der Waals surface area contributed by atoms with Gasteiger partial charge in [-0.05, 0) is 12.5 Å². The Balaban J connectivity index is 2.37. The van der Waals surface area contributed by atoms with E-state index in [9.17, 15) is 10.1 Å². The first-order valence-corrected chi connectivity index (χ1v) is 7.45. The number of nitro groups is 1. The van der Waals surface area contributed by atoms with Gasteiger partial charge < -0.3 is 5.32 Å². The molecule has 1 atom stereocenters. The van der Waals surface area contributed by atoms with Crippen molar-refractivity contribution >= 4 is 45.9 Å². The lowest BCUT2D eigenvalue weighted by Crippen LogP contribution is -2.10. The highest BCUT2D eigenvalue weighted by molar-refractivity contribution is 7.09. The summed E-state index contributed by atoms with van der Waals surface area (Å²) in [6, 6.07) is 2.62. The number of halogens is 2. The topological polar surface area (TPSA) is 68.1 Å². The molecule has 1 heterocycles. The molecule has 0 spiro atoms. The van der Waals surface area contributed by atoms with Crippen LogP contribution in [0, 0.1) is 10.1 Å². The minimum absolute atomic E-state index is 0.102. The highest BCUT2D eigenvalue weighted by atomic mass is 35.5. The molecule has 0 radical (unpaired) electrons. The first-order chi connectivity index (χ1) is 9.52. The van der Waals surface area contributed by atoms with Crippen molar-refractivity contribution in [3.05, 3.63) is 48.9 Å². The fourth-order valence-electron chi connectivity index (χ4n) is 1.74. The van der Waals surface area contributed by atoms with E-state index in [1.165, 1.54) is 23.5 Å². The summed E-state index contributed by atoms with van der Waals surface area (Å²) in [5.41, 5.74) is 0.237. The van der Waals surface area contributed by atoms with Gasteiger partial charge >= 0.3 is 0 Å². The van der Waals surface area contributed by atoms with Gasteiger partial charge in [0, 0.05) is 17.6 Å². The second-order valence-electron chi connectivity index (χ2n) is 4.02.